The number of carbonyl (C=O) groups excluding carboxylic acids is 1. The molecule has 2 N–H and O–H groups in total. The summed E-state index contributed by atoms with van der Waals surface area (Å²) in [6, 6.07) is -1.07. The fraction of sp³-hybridized carbons (Fsp3) is 0.583. The maximum Gasteiger partial charge on any atom is 0.331 e. The van der Waals surface area contributed by atoms with Crippen molar-refractivity contribution in [3.8, 4) is 0 Å². The van der Waals surface area contributed by atoms with Crippen LogP contribution in [-0.4, -0.2) is 40.5 Å². The molecule has 1 amide bonds. The first-order valence-electron chi connectivity index (χ1n) is 5.93. The SMILES string of the molecule is COCC(C)CC(=O)NC(C(=O)O)c1cnn(C)c1. The molecule has 0 saturated carbocycles. The van der Waals surface area contributed by atoms with E-state index in [4.69, 9.17) is 9.84 Å². The van der Waals surface area contributed by atoms with Gasteiger partial charge in [0.25, 0.3) is 0 Å². The Hall–Kier alpha value is -1.89. The van der Waals surface area contributed by atoms with Crippen LogP contribution in [-0.2, 0) is 21.4 Å². The van der Waals surface area contributed by atoms with Crippen molar-refractivity contribution < 1.29 is 19.4 Å². The Morgan fingerprint density at radius 1 is 1.58 bits per heavy atom. The molecule has 1 rings (SSSR count). The second-order valence-electron chi connectivity index (χ2n) is 4.55. The van der Waals surface area contributed by atoms with Gasteiger partial charge in [-0.05, 0) is 5.92 Å². The van der Waals surface area contributed by atoms with Gasteiger partial charge in [-0.25, -0.2) is 4.79 Å². The summed E-state index contributed by atoms with van der Waals surface area (Å²) in [5.41, 5.74) is 0.447. The van der Waals surface area contributed by atoms with E-state index in [1.807, 2.05) is 6.92 Å². The predicted octanol–water partition coefficient (Wildman–Crippen LogP) is 0.335. The van der Waals surface area contributed by atoms with Crippen molar-refractivity contribution in [1.29, 1.82) is 0 Å². The van der Waals surface area contributed by atoms with E-state index in [0.717, 1.165) is 0 Å². The van der Waals surface area contributed by atoms with Gasteiger partial charge in [0, 0.05) is 38.9 Å². The highest BCUT2D eigenvalue weighted by Gasteiger charge is 2.24. The molecule has 1 aromatic heterocycles. The van der Waals surface area contributed by atoms with Gasteiger partial charge >= 0.3 is 5.97 Å². The molecular formula is C12H19N3O4. The number of ether oxygens (including phenoxy) is 1. The first-order valence-corrected chi connectivity index (χ1v) is 5.93. The molecule has 0 aromatic carbocycles. The molecule has 2 atom stereocenters. The minimum absolute atomic E-state index is 0.0355. The zero-order valence-electron chi connectivity index (χ0n) is 11.3. The average Bonchev–Trinajstić information content (AvgIpc) is 2.72. The number of carboxylic acids is 1. The molecule has 0 bridgehead atoms. The summed E-state index contributed by atoms with van der Waals surface area (Å²) in [7, 11) is 3.25. The van der Waals surface area contributed by atoms with E-state index in [-0.39, 0.29) is 18.2 Å². The van der Waals surface area contributed by atoms with Crippen LogP contribution in [0.2, 0.25) is 0 Å². The molecule has 2 unspecified atom stereocenters. The number of hydrogen-bond donors (Lipinski definition) is 2. The minimum Gasteiger partial charge on any atom is -0.479 e. The fourth-order valence-corrected chi connectivity index (χ4v) is 1.76. The third-order valence-corrected chi connectivity index (χ3v) is 2.60. The van der Waals surface area contributed by atoms with Crippen LogP contribution in [0.25, 0.3) is 0 Å². The summed E-state index contributed by atoms with van der Waals surface area (Å²) in [4.78, 5) is 22.9. The number of carbonyl (C=O) groups is 2. The minimum atomic E-state index is -1.11. The molecule has 7 nitrogen and oxygen atoms in total. The van der Waals surface area contributed by atoms with Gasteiger partial charge in [-0.3, -0.25) is 9.48 Å². The van der Waals surface area contributed by atoms with Crippen molar-refractivity contribution in [3.05, 3.63) is 18.0 Å². The number of nitrogens with one attached hydrogen (secondary N) is 1. The number of carboxylic acid groups (broad SMARTS) is 1. The average molecular weight is 269 g/mol. The van der Waals surface area contributed by atoms with Crippen LogP contribution in [0.15, 0.2) is 12.4 Å². The van der Waals surface area contributed by atoms with Gasteiger partial charge in [-0.15, -0.1) is 0 Å². The number of methoxy groups -OCH3 is 1. The molecular weight excluding hydrogens is 250 g/mol. The van der Waals surface area contributed by atoms with E-state index in [1.165, 1.54) is 10.9 Å². The largest absolute Gasteiger partial charge is 0.479 e. The Labute approximate surface area is 111 Å². The Morgan fingerprint density at radius 2 is 2.26 bits per heavy atom. The highest BCUT2D eigenvalue weighted by Crippen LogP contribution is 2.13. The van der Waals surface area contributed by atoms with Crippen molar-refractivity contribution in [2.24, 2.45) is 13.0 Å². The zero-order valence-corrected chi connectivity index (χ0v) is 11.3. The van der Waals surface area contributed by atoms with E-state index in [0.29, 0.717) is 12.2 Å². The number of aliphatic carboxylic acids is 1. The van der Waals surface area contributed by atoms with Gasteiger partial charge < -0.3 is 15.2 Å². The second kappa shape index (κ2) is 6.89. The summed E-state index contributed by atoms with van der Waals surface area (Å²) < 4.78 is 6.43. The number of aryl methyl sites for hydroxylation is 1. The van der Waals surface area contributed by atoms with Crippen molar-refractivity contribution in [2.75, 3.05) is 13.7 Å². The first kappa shape index (κ1) is 15.2. The third kappa shape index (κ3) is 4.70. The van der Waals surface area contributed by atoms with Crippen LogP contribution in [0.5, 0.6) is 0 Å². The maximum atomic E-state index is 11.8. The van der Waals surface area contributed by atoms with E-state index in [9.17, 15) is 9.59 Å². The predicted molar refractivity (Wildman–Crippen MR) is 67.4 cm³/mol. The van der Waals surface area contributed by atoms with Gasteiger partial charge in [0.15, 0.2) is 6.04 Å². The van der Waals surface area contributed by atoms with Crippen LogP contribution in [0, 0.1) is 5.92 Å². The Balaban J connectivity index is 2.64. The summed E-state index contributed by atoms with van der Waals surface area (Å²) in [6.07, 6.45) is 3.22. The lowest BCUT2D eigenvalue weighted by atomic mass is 10.1. The Kier molecular flexibility index (Phi) is 5.50. The number of hydrogen-bond acceptors (Lipinski definition) is 4. The number of amides is 1. The molecule has 0 aliphatic rings. The molecule has 7 heteroatoms. The van der Waals surface area contributed by atoms with Crippen LogP contribution in [0.3, 0.4) is 0 Å². The van der Waals surface area contributed by atoms with E-state index in [2.05, 4.69) is 10.4 Å². The number of aromatic nitrogens is 2. The van der Waals surface area contributed by atoms with Gasteiger partial charge in [0.05, 0.1) is 6.20 Å². The standard InChI is InChI=1S/C12H19N3O4/c1-8(7-19-3)4-10(16)14-11(12(17)18)9-5-13-15(2)6-9/h5-6,8,11H,4,7H2,1-3H3,(H,14,16)(H,17,18). The molecule has 0 fully saturated rings. The van der Waals surface area contributed by atoms with Gasteiger partial charge in [0.2, 0.25) is 5.91 Å². The molecule has 0 saturated heterocycles. The van der Waals surface area contributed by atoms with Crippen molar-refractivity contribution in [3.63, 3.8) is 0 Å². The van der Waals surface area contributed by atoms with Crippen LogP contribution in [0.4, 0.5) is 0 Å². The van der Waals surface area contributed by atoms with Crippen LogP contribution in [0.1, 0.15) is 24.9 Å². The molecule has 19 heavy (non-hydrogen) atoms. The topological polar surface area (TPSA) is 93.4 Å². The second-order valence-corrected chi connectivity index (χ2v) is 4.55. The van der Waals surface area contributed by atoms with E-state index >= 15 is 0 Å². The summed E-state index contributed by atoms with van der Waals surface area (Å²) >= 11 is 0. The molecule has 1 aromatic rings. The lowest BCUT2D eigenvalue weighted by molar-refractivity contribution is -0.142. The molecule has 0 aliphatic carbocycles. The van der Waals surface area contributed by atoms with E-state index < -0.39 is 12.0 Å². The monoisotopic (exact) mass is 269 g/mol. The highest BCUT2D eigenvalue weighted by molar-refractivity contribution is 5.84. The lowest BCUT2D eigenvalue weighted by Gasteiger charge is -2.15. The molecule has 0 aliphatic heterocycles. The number of nitrogens with zero attached hydrogens (tertiary/aromatic N) is 2. The lowest BCUT2D eigenvalue weighted by Crippen LogP contribution is -2.34. The van der Waals surface area contributed by atoms with Gasteiger partial charge in [-0.2, -0.15) is 5.10 Å². The molecule has 0 spiro atoms. The summed E-state index contributed by atoms with van der Waals surface area (Å²) in [5.74, 6) is -1.39. The van der Waals surface area contributed by atoms with E-state index in [1.54, 1.807) is 20.4 Å². The Bertz CT molecular complexity index is 444. The van der Waals surface area contributed by atoms with Gasteiger partial charge in [0.1, 0.15) is 0 Å². The highest BCUT2D eigenvalue weighted by atomic mass is 16.5. The van der Waals surface area contributed by atoms with Crippen molar-refractivity contribution in [1.82, 2.24) is 15.1 Å². The molecule has 1 heterocycles. The van der Waals surface area contributed by atoms with Crippen LogP contribution < -0.4 is 5.32 Å². The van der Waals surface area contributed by atoms with Crippen molar-refractivity contribution >= 4 is 11.9 Å². The Morgan fingerprint density at radius 3 is 2.74 bits per heavy atom. The normalized spacial score (nSPS) is 13.8. The number of rotatable bonds is 7. The smallest absolute Gasteiger partial charge is 0.331 e. The summed E-state index contributed by atoms with van der Waals surface area (Å²) in [5, 5.41) is 15.5. The zero-order chi connectivity index (χ0) is 14.4. The fourth-order valence-electron chi connectivity index (χ4n) is 1.76. The third-order valence-electron chi connectivity index (χ3n) is 2.60. The van der Waals surface area contributed by atoms with Crippen LogP contribution >= 0.6 is 0 Å². The van der Waals surface area contributed by atoms with Crippen molar-refractivity contribution in [2.45, 2.75) is 19.4 Å². The molecule has 106 valence electrons. The maximum absolute atomic E-state index is 11.8. The molecule has 0 radical (unpaired) electrons. The van der Waals surface area contributed by atoms with Gasteiger partial charge in [-0.1, -0.05) is 6.92 Å². The summed E-state index contributed by atoms with van der Waals surface area (Å²) in [6.45, 7) is 2.32. The first-order chi connectivity index (χ1) is 8.93. The quantitative estimate of drug-likeness (QED) is 0.744.